The minimum atomic E-state index is -0.728. The lowest BCUT2D eigenvalue weighted by Gasteiger charge is -2.24. The molecule has 1 fully saturated rings. The van der Waals surface area contributed by atoms with E-state index in [0.717, 1.165) is 19.6 Å². The van der Waals surface area contributed by atoms with Gasteiger partial charge in [0.25, 0.3) is 0 Å². The van der Waals surface area contributed by atoms with E-state index < -0.39 is 5.97 Å². The van der Waals surface area contributed by atoms with Crippen molar-refractivity contribution in [1.82, 2.24) is 9.80 Å². The third-order valence-electron chi connectivity index (χ3n) is 3.18. The fourth-order valence-electron chi connectivity index (χ4n) is 2.10. The van der Waals surface area contributed by atoms with Crippen LogP contribution in [0.2, 0.25) is 0 Å². The van der Waals surface area contributed by atoms with E-state index >= 15 is 0 Å². The number of carbonyl (C=O) groups is 1. The lowest BCUT2D eigenvalue weighted by molar-refractivity contribution is -0.137. The first-order valence-electron chi connectivity index (χ1n) is 6.38. The van der Waals surface area contributed by atoms with Crippen LogP contribution >= 0.6 is 0 Å². The van der Waals surface area contributed by atoms with Crippen molar-refractivity contribution in [2.45, 2.75) is 19.3 Å². The van der Waals surface area contributed by atoms with E-state index in [9.17, 15) is 4.79 Å². The summed E-state index contributed by atoms with van der Waals surface area (Å²) in [6.45, 7) is 6.47. The van der Waals surface area contributed by atoms with Gasteiger partial charge in [-0.15, -0.1) is 0 Å². The van der Waals surface area contributed by atoms with E-state index in [0.29, 0.717) is 13.2 Å². The predicted molar refractivity (Wildman–Crippen MR) is 66.2 cm³/mol. The molecule has 0 aromatic rings. The van der Waals surface area contributed by atoms with Crippen LogP contribution in [0.1, 0.15) is 19.3 Å². The Bertz CT molecular complexity index is 218. The van der Waals surface area contributed by atoms with Gasteiger partial charge in [-0.1, -0.05) is 0 Å². The molecule has 1 rings (SSSR count). The number of nitrogens with zero attached hydrogens (tertiary/aromatic N) is 2. The van der Waals surface area contributed by atoms with E-state index in [1.807, 2.05) is 0 Å². The zero-order valence-electron chi connectivity index (χ0n) is 10.7. The van der Waals surface area contributed by atoms with E-state index in [1.165, 1.54) is 25.9 Å². The summed E-state index contributed by atoms with van der Waals surface area (Å²) in [5, 5.41) is 8.70. The third-order valence-corrected chi connectivity index (χ3v) is 3.18. The molecular weight excluding hydrogens is 220 g/mol. The highest BCUT2D eigenvalue weighted by molar-refractivity contribution is 5.66. The molecule has 0 aliphatic carbocycles. The Labute approximate surface area is 103 Å². The largest absolute Gasteiger partial charge is 0.481 e. The molecule has 1 N–H and O–H groups in total. The molecule has 0 radical (unpaired) electrons. The summed E-state index contributed by atoms with van der Waals surface area (Å²) < 4.78 is 5.05. The van der Waals surface area contributed by atoms with Crippen molar-refractivity contribution in [2.24, 2.45) is 0 Å². The molecule has 0 saturated carbocycles. The van der Waals surface area contributed by atoms with Crippen LogP contribution in [0.5, 0.6) is 0 Å². The molecule has 1 aliphatic heterocycles. The molecule has 0 bridgehead atoms. The smallest absolute Gasteiger partial charge is 0.304 e. The average Bonchev–Trinajstić information content (AvgIpc) is 2.80. The van der Waals surface area contributed by atoms with Gasteiger partial charge in [0.1, 0.15) is 0 Å². The number of aliphatic carboxylic acids is 1. The van der Waals surface area contributed by atoms with Gasteiger partial charge in [0, 0.05) is 33.3 Å². The van der Waals surface area contributed by atoms with Gasteiger partial charge in [-0.2, -0.15) is 0 Å². The van der Waals surface area contributed by atoms with Crippen LogP contribution in [-0.4, -0.2) is 73.9 Å². The van der Waals surface area contributed by atoms with Crippen LogP contribution in [0.3, 0.4) is 0 Å². The third kappa shape index (κ3) is 6.61. The normalized spacial score (nSPS) is 16.8. The molecule has 100 valence electrons. The Hall–Kier alpha value is -0.650. The maximum atomic E-state index is 10.6. The highest BCUT2D eigenvalue weighted by Crippen LogP contribution is 2.06. The van der Waals surface area contributed by atoms with Gasteiger partial charge in [-0.05, 0) is 25.9 Å². The summed E-state index contributed by atoms with van der Waals surface area (Å²) in [6.07, 6.45) is 2.81. The molecule has 1 saturated heterocycles. The Balaban J connectivity index is 2.20. The van der Waals surface area contributed by atoms with Crippen LogP contribution in [0.15, 0.2) is 0 Å². The first kappa shape index (κ1) is 14.4. The van der Waals surface area contributed by atoms with Crippen molar-refractivity contribution >= 4 is 5.97 Å². The van der Waals surface area contributed by atoms with Crippen molar-refractivity contribution in [1.29, 1.82) is 0 Å². The maximum Gasteiger partial charge on any atom is 0.304 e. The molecule has 0 aromatic carbocycles. The van der Waals surface area contributed by atoms with Crippen LogP contribution in [-0.2, 0) is 9.53 Å². The van der Waals surface area contributed by atoms with Gasteiger partial charge in [-0.3, -0.25) is 9.69 Å². The van der Waals surface area contributed by atoms with Gasteiger partial charge in [-0.25, -0.2) is 0 Å². The molecule has 5 heteroatoms. The van der Waals surface area contributed by atoms with Crippen LogP contribution in [0.25, 0.3) is 0 Å². The standard InChI is InChI=1S/C12H24N2O3/c1-17-11-10-14(7-4-12(15)16)9-8-13-5-2-3-6-13/h2-11H2,1H3,(H,15,16). The lowest BCUT2D eigenvalue weighted by atomic mass is 10.3. The number of carboxylic acid groups (broad SMARTS) is 1. The van der Waals surface area contributed by atoms with Crippen molar-refractivity contribution in [2.75, 3.05) is 53.0 Å². The van der Waals surface area contributed by atoms with Gasteiger partial charge >= 0.3 is 5.97 Å². The average molecular weight is 244 g/mol. The van der Waals surface area contributed by atoms with Gasteiger partial charge in [0.2, 0.25) is 0 Å². The number of carboxylic acids is 1. The zero-order chi connectivity index (χ0) is 12.5. The molecule has 17 heavy (non-hydrogen) atoms. The van der Waals surface area contributed by atoms with Gasteiger partial charge in [0.15, 0.2) is 0 Å². The van der Waals surface area contributed by atoms with Crippen LogP contribution < -0.4 is 0 Å². The Morgan fingerprint density at radius 3 is 2.59 bits per heavy atom. The number of likely N-dealkylation sites (tertiary alicyclic amines) is 1. The molecule has 1 aliphatic rings. The lowest BCUT2D eigenvalue weighted by Crippen LogP contribution is -2.36. The highest BCUT2D eigenvalue weighted by atomic mass is 16.5. The molecule has 0 amide bonds. The van der Waals surface area contributed by atoms with E-state index in [2.05, 4.69) is 9.80 Å². The van der Waals surface area contributed by atoms with E-state index in [4.69, 9.17) is 9.84 Å². The Kier molecular flexibility index (Phi) is 7.16. The summed E-state index contributed by atoms with van der Waals surface area (Å²) in [6, 6.07) is 0. The van der Waals surface area contributed by atoms with Crippen molar-refractivity contribution < 1.29 is 14.6 Å². The summed E-state index contributed by atoms with van der Waals surface area (Å²) in [7, 11) is 1.68. The Morgan fingerprint density at radius 2 is 2.00 bits per heavy atom. The molecule has 0 aromatic heterocycles. The second kappa shape index (κ2) is 8.44. The number of hydrogen-bond acceptors (Lipinski definition) is 4. The van der Waals surface area contributed by atoms with Gasteiger partial charge in [0.05, 0.1) is 13.0 Å². The monoisotopic (exact) mass is 244 g/mol. The number of ether oxygens (including phenoxy) is 1. The molecule has 0 unspecified atom stereocenters. The van der Waals surface area contributed by atoms with Crippen molar-refractivity contribution in [3.8, 4) is 0 Å². The second-order valence-corrected chi connectivity index (χ2v) is 4.53. The number of hydrogen-bond donors (Lipinski definition) is 1. The number of rotatable bonds is 9. The minimum Gasteiger partial charge on any atom is -0.481 e. The molecular formula is C12H24N2O3. The van der Waals surface area contributed by atoms with Crippen LogP contribution in [0, 0.1) is 0 Å². The second-order valence-electron chi connectivity index (χ2n) is 4.53. The van der Waals surface area contributed by atoms with E-state index in [-0.39, 0.29) is 6.42 Å². The maximum absolute atomic E-state index is 10.6. The number of methoxy groups -OCH3 is 1. The molecule has 0 atom stereocenters. The minimum absolute atomic E-state index is 0.212. The molecule has 1 heterocycles. The Morgan fingerprint density at radius 1 is 1.29 bits per heavy atom. The first-order chi connectivity index (χ1) is 8.22. The zero-order valence-corrected chi connectivity index (χ0v) is 10.7. The quantitative estimate of drug-likeness (QED) is 0.640. The van der Waals surface area contributed by atoms with Gasteiger partial charge < -0.3 is 14.7 Å². The SMILES string of the molecule is COCCN(CCC(=O)O)CCN1CCCC1. The van der Waals surface area contributed by atoms with Crippen molar-refractivity contribution in [3.63, 3.8) is 0 Å². The predicted octanol–water partition coefficient (Wildman–Crippen LogP) is 0.505. The summed E-state index contributed by atoms with van der Waals surface area (Å²) >= 11 is 0. The summed E-state index contributed by atoms with van der Waals surface area (Å²) in [4.78, 5) is 15.2. The fraction of sp³-hybridized carbons (Fsp3) is 0.917. The fourth-order valence-corrected chi connectivity index (χ4v) is 2.10. The highest BCUT2D eigenvalue weighted by Gasteiger charge is 2.13. The summed E-state index contributed by atoms with van der Waals surface area (Å²) in [5.41, 5.74) is 0. The molecule has 0 spiro atoms. The first-order valence-corrected chi connectivity index (χ1v) is 6.38. The van der Waals surface area contributed by atoms with Crippen molar-refractivity contribution in [3.05, 3.63) is 0 Å². The van der Waals surface area contributed by atoms with Crippen LogP contribution in [0.4, 0.5) is 0 Å². The summed E-state index contributed by atoms with van der Waals surface area (Å²) in [5.74, 6) is -0.728. The van der Waals surface area contributed by atoms with E-state index in [1.54, 1.807) is 7.11 Å². The molecule has 5 nitrogen and oxygen atoms in total. The topological polar surface area (TPSA) is 53.0 Å².